The van der Waals surface area contributed by atoms with E-state index >= 15 is 0 Å². The number of aryl methyl sites for hydroxylation is 2. The molecule has 16 rings (SSSR count). The van der Waals surface area contributed by atoms with Crippen LogP contribution in [0.15, 0.2) is 240 Å². The van der Waals surface area contributed by atoms with Crippen molar-refractivity contribution in [2.45, 2.75) is 13.8 Å². The van der Waals surface area contributed by atoms with Crippen LogP contribution >= 0.6 is 0 Å². The summed E-state index contributed by atoms with van der Waals surface area (Å²) in [5.41, 5.74) is 12.2. The van der Waals surface area contributed by atoms with Crippen LogP contribution in [-0.4, -0.2) is 122 Å². The summed E-state index contributed by atoms with van der Waals surface area (Å²) in [4.78, 5) is 70.6. The number of anilines is 9. The third-order valence-corrected chi connectivity index (χ3v) is 24.5. The molecule has 7 heterocycles. The van der Waals surface area contributed by atoms with Crippen LogP contribution in [0.2, 0.25) is 0 Å². The van der Waals surface area contributed by atoms with E-state index in [0.29, 0.717) is 122 Å². The molecular formula is C75H65N11O15S4. The number of carbonyl (C=O) groups is 5. The summed E-state index contributed by atoms with van der Waals surface area (Å²) >= 11 is 0. The Bertz CT molecular complexity index is 5680. The first-order valence-electron chi connectivity index (χ1n) is 32.6. The summed E-state index contributed by atoms with van der Waals surface area (Å²) in [7, 11) is -12.7. The summed E-state index contributed by atoms with van der Waals surface area (Å²) < 4.78 is 109. The summed E-state index contributed by atoms with van der Waals surface area (Å²) in [6.45, 7) is 5.54. The van der Waals surface area contributed by atoms with Crippen molar-refractivity contribution in [2.24, 2.45) is 0 Å². The predicted molar refractivity (Wildman–Crippen MR) is 404 cm³/mol. The highest BCUT2D eigenvalue weighted by Gasteiger charge is 2.36. The molecule has 0 aliphatic carbocycles. The van der Waals surface area contributed by atoms with Gasteiger partial charge in [0.2, 0.25) is 40.1 Å². The van der Waals surface area contributed by atoms with Gasteiger partial charge in [0.05, 0.1) is 57.5 Å². The second kappa shape index (κ2) is 29.6. The van der Waals surface area contributed by atoms with E-state index in [9.17, 15) is 57.6 Å². The Kier molecular flexibility index (Phi) is 20.1. The van der Waals surface area contributed by atoms with Gasteiger partial charge in [-0.2, -0.15) is 0 Å². The molecule has 5 amide bonds. The molecule has 0 unspecified atom stereocenters. The predicted octanol–water partition coefficient (Wildman–Crippen LogP) is 11.7. The molecular weight excluding hydrogens is 1420 g/mol. The highest BCUT2D eigenvalue weighted by atomic mass is 32.2. The van der Waals surface area contributed by atoms with Gasteiger partial charge in [0.15, 0.2) is 12.0 Å². The van der Waals surface area contributed by atoms with E-state index in [4.69, 9.17) is 8.83 Å². The van der Waals surface area contributed by atoms with E-state index in [-0.39, 0.29) is 52.5 Å². The molecule has 3 aromatic heterocycles. The molecule has 105 heavy (non-hydrogen) atoms. The van der Waals surface area contributed by atoms with Crippen molar-refractivity contribution < 1.29 is 66.5 Å². The lowest BCUT2D eigenvalue weighted by Crippen LogP contribution is -2.47. The SMILES string of the molecule is Cc1ccc(NC(=O)c2ccc(N3CCS3(=O)=O)cc2C)cc1NC(=O)c1ccccc1.O=C(Nc1ccc2ncccc2c1)c1ccc(N2CCS2(=O)=O)cc1.O=C(Nc1ccc2ncoc2c1)c1ccc(N2CCS2(=O)=O)cc1.O=C(Nc1ccc2occc2c1)c1ccc(N2CCS2(=O)=O)cc1. The van der Waals surface area contributed by atoms with Crippen LogP contribution in [0, 0.1) is 13.8 Å². The van der Waals surface area contributed by atoms with Crippen LogP contribution in [0.4, 0.5) is 51.2 Å². The zero-order valence-corrected chi connectivity index (χ0v) is 59.3. The number of nitrogens with one attached hydrogen (secondary N) is 5. The molecule has 9 aromatic carbocycles. The topological polar surface area (TPSA) is 347 Å². The van der Waals surface area contributed by atoms with E-state index in [2.05, 4.69) is 36.6 Å². The van der Waals surface area contributed by atoms with E-state index in [1.165, 1.54) is 23.6 Å². The van der Waals surface area contributed by atoms with Crippen molar-refractivity contribution in [2.75, 3.05) is 93.0 Å². The van der Waals surface area contributed by atoms with E-state index in [1.807, 2.05) is 55.5 Å². The number of amides is 5. The minimum absolute atomic E-state index is 0.144. The monoisotopic (exact) mass is 1490 g/mol. The highest BCUT2D eigenvalue weighted by Crippen LogP contribution is 2.32. The average molecular weight is 1490 g/mol. The number of pyridine rings is 1. The third kappa shape index (κ3) is 16.2. The van der Waals surface area contributed by atoms with Crippen LogP contribution in [0.5, 0.6) is 0 Å². The van der Waals surface area contributed by atoms with Crippen molar-refractivity contribution in [1.29, 1.82) is 0 Å². The zero-order chi connectivity index (χ0) is 73.8. The number of benzene rings is 9. The van der Waals surface area contributed by atoms with Crippen molar-refractivity contribution in [3.8, 4) is 0 Å². The Balaban J connectivity index is 0.000000125. The molecule has 0 bridgehead atoms. The van der Waals surface area contributed by atoms with E-state index in [1.54, 1.807) is 183 Å². The van der Waals surface area contributed by atoms with Crippen molar-refractivity contribution in [1.82, 2.24) is 9.97 Å². The number of hydrogen-bond donors (Lipinski definition) is 5. The third-order valence-electron chi connectivity index (χ3n) is 17.5. The maximum atomic E-state index is 12.8. The highest BCUT2D eigenvalue weighted by molar-refractivity contribution is 7.95. The molecule has 4 saturated heterocycles. The van der Waals surface area contributed by atoms with Gasteiger partial charge in [0.25, 0.3) is 29.5 Å². The number of carbonyl (C=O) groups excluding carboxylic acids is 5. The quantitative estimate of drug-likeness (QED) is 0.0675. The fraction of sp³-hybridized carbons (Fsp3) is 0.133. The number of rotatable bonds is 14. The standard InChI is InChI=1S/C24H23N3O4S.C18H15N3O3S.C17H14N2O4S.C16H13N3O4S/c1-16-8-9-19(15-22(16)26-23(28)18-6-4-3-5-7-18)25-24(29)21-11-10-20(14-17(21)2)27-12-13-32(27,30)31;22-18(20-15-5-8-17-14(12-15)2-1-9-19-17)13-3-6-16(7-4-13)21-10-11-25(21,23)24;20-17(18-14-3-6-16-13(11-14)7-9-23-16)12-1-4-15(5-2-12)19-8-10-24(19,21)22;20-16(18-12-3-6-14-15(9-12)23-10-17-14)11-1-4-13(5-2-11)19-7-8-24(19,21)22/h3-11,14-15H,12-13H2,1-2H3,(H,25,29)(H,26,28);1-9,12H,10-11H2,(H,20,22);1-7,9,11H,8,10H2,(H,18,20);1-6,9-10H,7-8H2,(H,18,20). The smallest absolute Gasteiger partial charge is 0.255 e. The average Bonchev–Trinajstić information content (AvgIpc) is 1.45. The van der Waals surface area contributed by atoms with Gasteiger partial charge in [-0.3, -0.25) is 46.2 Å². The van der Waals surface area contributed by atoms with Crippen LogP contribution in [0.25, 0.3) is 33.0 Å². The molecule has 534 valence electrons. The fourth-order valence-electron chi connectivity index (χ4n) is 11.4. The molecule has 30 heteroatoms. The lowest BCUT2D eigenvalue weighted by molar-refractivity contribution is 0.101. The maximum Gasteiger partial charge on any atom is 0.255 e. The number of nitrogens with zero attached hydrogens (tertiary/aromatic N) is 6. The van der Waals surface area contributed by atoms with Gasteiger partial charge < -0.3 is 35.4 Å². The molecule has 5 N–H and O–H groups in total. The summed E-state index contributed by atoms with van der Waals surface area (Å²) in [5.74, 6) is -0.680. The van der Waals surface area contributed by atoms with Crippen LogP contribution in [-0.2, 0) is 40.1 Å². The number of furan rings is 1. The van der Waals surface area contributed by atoms with Crippen LogP contribution in [0.1, 0.15) is 62.9 Å². The van der Waals surface area contributed by atoms with Crippen molar-refractivity contribution in [3.63, 3.8) is 0 Å². The summed E-state index contributed by atoms with van der Waals surface area (Å²) in [5, 5.41) is 16.0. The number of oxazole rings is 1. The molecule has 0 spiro atoms. The van der Waals surface area contributed by atoms with Gasteiger partial charge in [-0.05, 0) is 201 Å². The van der Waals surface area contributed by atoms with Crippen LogP contribution in [0.3, 0.4) is 0 Å². The second-order valence-electron chi connectivity index (χ2n) is 24.5. The molecule has 4 aliphatic heterocycles. The lowest BCUT2D eigenvalue weighted by atomic mass is 10.1. The van der Waals surface area contributed by atoms with Gasteiger partial charge in [0.1, 0.15) is 11.1 Å². The molecule has 12 aromatic rings. The van der Waals surface area contributed by atoms with E-state index < -0.39 is 40.1 Å². The second-order valence-corrected chi connectivity index (χ2v) is 32.5. The maximum absolute atomic E-state index is 12.8. The summed E-state index contributed by atoms with van der Waals surface area (Å²) in [6, 6.07) is 60.4. The minimum Gasteiger partial charge on any atom is -0.464 e. The number of aromatic nitrogens is 2. The summed E-state index contributed by atoms with van der Waals surface area (Å²) in [6.07, 6.45) is 4.66. The Morgan fingerprint density at radius 1 is 0.352 bits per heavy atom. The number of hydrogen-bond acceptors (Lipinski definition) is 17. The lowest BCUT2D eigenvalue weighted by Gasteiger charge is -2.32. The van der Waals surface area contributed by atoms with Crippen LogP contribution < -0.4 is 43.8 Å². The zero-order valence-electron chi connectivity index (χ0n) is 56.0. The van der Waals surface area contributed by atoms with Crippen molar-refractivity contribution in [3.05, 3.63) is 270 Å². The normalized spacial score (nSPS) is 15.4. The Morgan fingerprint density at radius 2 is 0.790 bits per heavy atom. The van der Waals surface area contributed by atoms with Gasteiger partial charge in [0, 0.05) is 105 Å². The van der Waals surface area contributed by atoms with Crippen molar-refractivity contribution >= 4 is 154 Å². The molecule has 26 nitrogen and oxygen atoms in total. The number of fused-ring (bicyclic) bond motifs is 3. The van der Waals surface area contributed by atoms with Gasteiger partial charge >= 0.3 is 0 Å². The molecule has 4 fully saturated rings. The van der Waals surface area contributed by atoms with E-state index in [0.717, 1.165) is 27.4 Å². The first kappa shape index (κ1) is 71.2. The Hall–Kier alpha value is -12.3. The first-order chi connectivity index (χ1) is 50.3. The number of sulfonamides is 4. The minimum atomic E-state index is -3.21. The van der Waals surface area contributed by atoms with Gasteiger partial charge in [-0.15, -0.1) is 0 Å². The fourth-order valence-corrected chi connectivity index (χ4v) is 15.9. The Labute approximate surface area is 603 Å². The largest absolute Gasteiger partial charge is 0.464 e. The Morgan fingerprint density at radius 3 is 1.30 bits per heavy atom. The molecule has 0 atom stereocenters. The van der Waals surface area contributed by atoms with Gasteiger partial charge in [-0.1, -0.05) is 30.3 Å². The first-order valence-corrected chi connectivity index (χ1v) is 39.1. The molecule has 0 saturated carbocycles. The van der Waals surface area contributed by atoms with Gasteiger partial charge in [-0.25, -0.2) is 38.7 Å². The molecule has 0 radical (unpaired) electrons. The molecule has 4 aliphatic rings.